The molecule has 0 aromatic heterocycles. The maximum absolute atomic E-state index is 13.6. The largest absolute Gasteiger partial charge is 0.339 e. The van der Waals surface area contributed by atoms with Gasteiger partial charge in [0, 0.05) is 6.54 Å². The molecule has 7 heteroatoms. The average Bonchev–Trinajstić information content (AvgIpc) is 2.55. The molecular formula is C16H21F6N. The van der Waals surface area contributed by atoms with Crippen LogP contribution in [0.1, 0.15) is 51.9 Å². The standard InChI is InChI=1S/C16H21F6N/c1-2-3-4-5-6-7-8-9-23(10-17)16-14(21)12(19)11(18)13(20)15(16)22/h2-10H2,1H3. The number of unbranched alkanes of at least 4 members (excludes halogenated alkanes) is 6. The predicted molar refractivity (Wildman–Crippen MR) is 77.5 cm³/mol. The second-order valence-corrected chi connectivity index (χ2v) is 5.42. The molecule has 0 saturated carbocycles. The van der Waals surface area contributed by atoms with Gasteiger partial charge in [0.25, 0.3) is 0 Å². The Balaban J connectivity index is 2.68. The summed E-state index contributed by atoms with van der Waals surface area (Å²) in [4.78, 5) is 0.544. The van der Waals surface area contributed by atoms with Crippen LogP contribution >= 0.6 is 0 Å². The highest BCUT2D eigenvalue weighted by Gasteiger charge is 2.28. The number of alkyl halides is 1. The average molecular weight is 341 g/mol. The minimum Gasteiger partial charge on any atom is -0.339 e. The first-order chi connectivity index (χ1) is 11.0. The van der Waals surface area contributed by atoms with E-state index >= 15 is 0 Å². The summed E-state index contributed by atoms with van der Waals surface area (Å²) in [6, 6.07) is 0. The second kappa shape index (κ2) is 9.67. The van der Waals surface area contributed by atoms with Crippen LogP contribution in [0.15, 0.2) is 0 Å². The molecule has 0 saturated heterocycles. The topological polar surface area (TPSA) is 3.24 Å². The van der Waals surface area contributed by atoms with Crippen LogP contribution in [0.25, 0.3) is 0 Å². The Bertz CT molecular complexity index is 477. The minimum atomic E-state index is -2.24. The Morgan fingerprint density at radius 2 is 1.09 bits per heavy atom. The van der Waals surface area contributed by atoms with E-state index in [1.54, 1.807) is 0 Å². The molecule has 0 heterocycles. The van der Waals surface area contributed by atoms with Gasteiger partial charge in [0.05, 0.1) is 0 Å². The summed E-state index contributed by atoms with van der Waals surface area (Å²) in [6.07, 6.45) is 6.33. The lowest BCUT2D eigenvalue weighted by Crippen LogP contribution is -2.27. The fourth-order valence-electron chi connectivity index (χ4n) is 2.36. The Kier molecular flexibility index (Phi) is 8.26. The maximum atomic E-state index is 13.6. The smallest absolute Gasteiger partial charge is 0.200 e. The number of halogens is 6. The third-order valence-electron chi connectivity index (χ3n) is 3.68. The van der Waals surface area contributed by atoms with Crippen LogP contribution in [0.4, 0.5) is 32.0 Å². The van der Waals surface area contributed by atoms with Crippen molar-refractivity contribution in [2.45, 2.75) is 51.9 Å². The number of hydrogen-bond acceptors (Lipinski definition) is 1. The fraction of sp³-hybridized carbons (Fsp3) is 0.625. The van der Waals surface area contributed by atoms with Crippen molar-refractivity contribution in [2.75, 3.05) is 18.2 Å². The number of benzene rings is 1. The molecule has 23 heavy (non-hydrogen) atoms. The van der Waals surface area contributed by atoms with E-state index in [1.165, 1.54) is 0 Å². The van der Waals surface area contributed by atoms with E-state index in [0.29, 0.717) is 17.7 Å². The molecule has 0 N–H and O–H groups in total. The molecule has 0 amide bonds. The molecule has 1 nitrogen and oxygen atoms in total. The van der Waals surface area contributed by atoms with Crippen molar-refractivity contribution in [1.29, 1.82) is 0 Å². The van der Waals surface area contributed by atoms with Crippen LogP contribution in [0, 0.1) is 29.1 Å². The maximum Gasteiger partial charge on any atom is 0.200 e. The number of hydrogen-bond donors (Lipinski definition) is 0. The molecule has 0 aliphatic rings. The normalized spacial score (nSPS) is 11.1. The van der Waals surface area contributed by atoms with Crippen LogP contribution in [0.5, 0.6) is 0 Å². The van der Waals surface area contributed by atoms with Crippen LogP contribution in [0.2, 0.25) is 0 Å². The molecule has 0 bridgehead atoms. The highest BCUT2D eigenvalue weighted by molar-refractivity contribution is 5.50. The van der Waals surface area contributed by atoms with Gasteiger partial charge in [-0.2, -0.15) is 0 Å². The van der Waals surface area contributed by atoms with Crippen LogP contribution in [-0.4, -0.2) is 13.3 Å². The summed E-state index contributed by atoms with van der Waals surface area (Å²) in [7, 11) is 0. The third-order valence-corrected chi connectivity index (χ3v) is 3.68. The van der Waals surface area contributed by atoms with Crippen molar-refractivity contribution < 1.29 is 26.3 Å². The molecule has 1 rings (SSSR count). The van der Waals surface area contributed by atoms with Crippen LogP contribution < -0.4 is 4.90 Å². The lowest BCUT2D eigenvalue weighted by atomic mass is 10.1. The summed E-state index contributed by atoms with van der Waals surface area (Å²) < 4.78 is 79.5. The van der Waals surface area contributed by atoms with Gasteiger partial charge in [-0.05, 0) is 6.42 Å². The molecule has 0 unspecified atom stereocenters. The van der Waals surface area contributed by atoms with Gasteiger partial charge < -0.3 is 4.90 Å². The molecule has 0 aliphatic heterocycles. The Hall–Kier alpha value is -1.40. The van der Waals surface area contributed by atoms with Crippen molar-refractivity contribution in [1.82, 2.24) is 0 Å². The third kappa shape index (κ3) is 5.04. The lowest BCUT2D eigenvalue weighted by Gasteiger charge is -2.22. The van der Waals surface area contributed by atoms with Gasteiger partial charge in [-0.1, -0.05) is 45.4 Å². The van der Waals surface area contributed by atoms with Crippen LogP contribution in [0.3, 0.4) is 0 Å². The molecule has 1 aromatic rings. The monoisotopic (exact) mass is 341 g/mol. The molecule has 0 spiro atoms. The first kappa shape index (κ1) is 19.6. The second-order valence-electron chi connectivity index (χ2n) is 5.42. The Morgan fingerprint density at radius 3 is 1.57 bits per heavy atom. The molecule has 0 fully saturated rings. The van der Waals surface area contributed by atoms with Gasteiger partial charge >= 0.3 is 0 Å². The SMILES string of the molecule is CCCCCCCCCN(CF)c1c(F)c(F)c(F)c(F)c1F. The molecule has 0 aliphatic carbocycles. The Morgan fingerprint density at radius 1 is 0.652 bits per heavy atom. The first-order valence-electron chi connectivity index (χ1n) is 7.78. The van der Waals surface area contributed by atoms with Gasteiger partial charge in [0.2, 0.25) is 5.82 Å². The van der Waals surface area contributed by atoms with Crippen molar-refractivity contribution in [3.63, 3.8) is 0 Å². The zero-order chi connectivity index (χ0) is 17.4. The molecule has 1 aromatic carbocycles. The number of anilines is 1. The van der Waals surface area contributed by atoms with E-state index in [9.17, 15) is 26.3 Å². The highest BCUT2D eigenvalue weighted by Crippen LogP contribution is 2.30. The quantitative estimate of drug-likeness (QED) is 0.169. The van der Waals surface area contributed by atoms with Gasteiger partial charge in [0.15, 0.2) is 30.1 Å². The van der Waals surface area contributed by atoms with Crippen molar-refractivity contribution in [2.24, 2.45) is 0 Å². The fourth-order valence-corrected chi connectivity index (χ4v) is 2.36. The molecular weight excluding hydrogens is 320 g/mol. The van der Waals surface area contributed by atoms with Gasteiger partial charge in [0.1, 0.15) is 5.69 Å². The van der Waals surface area contributed by atoms with Crippen molar-refractivity contribution in [3.05, 3.63) is 29.1 Å². The van der Waals surface area contributed by atoms with E-state index in [1.807, 2.05) is 0 Å². The minimum absolute atomic E-state index is 0.109. The zero-order valence-corrected chi connectivity index (χ0v) is 13.1. The van der Waals surface area contributed by atoms with Crippen LogP contribution in [-0.2, 0) is 0 Å². The zero-order valence-electron chi connectivity index (χ0n) is 13.1. The van der Waals surface area contributed by atoms with E-state index in [4.69, 9.17) is 0 Å². The molecule has 132 valence electrons. The van der Waals surface area contributed by atoms with Crippen molar-refractivity contribution >= 4 is 5.69 Å². The summed E-state index contributed by atoms with van der Waals surface area (Å²) in [5.74, 6) is -10.4. The molecule has 0 atom stereocenters. The van der Waals surface area contributed by atoms with E-state index in [2.05, 4.69) is 6.92 Å². The van der Waals surface area contributed by atoms with Gasteiger partial charge in [-0.3, -0.25) is 0 Å². The van der Waals surface area contributed by atoms with Crippen molar-refractivity contribution in [3.8, 4) is 0 Å². The summed E-state index contributed by atoms with van der Waals surface area (Å²) in [5.41, 5.74) is -1.20. The van der Waals surface area contributed by atoms with Gasteiger partial charge in [-0.25, -0.2) is 26.3 Å². The summed E-state index contributed by atoms with van der Waals surface area (Å²) in [6.45, 7) is 0.653. The Labute approximate surface area is 132 Å². The highest BCUT2D eigenvalue weighted by atomic mass is 19.2. The predicted octanol–water partition coefficient (Wildman–Crippen LogP) is 5.87. The van der Waals surface area contributed by atoms with E-state index < -0.39 is 41.6 Å². The lowest BCUT2D eigenvalue weighted by molar-refractivity contribution is 0.371. The first-order valence-corrected chi connectivity index (χ1v) is 7.78. The number of rotatable bonds is 10. The van der Waals surface area contributed by atoms with E-state index in [-0.39, 0.29) is 6.54 Å². The molecule has 0 radical (unpaired) electrons. The van der Waals surface area contributed by atoms with E-state index in [0.717, 1.165) is 32.1 Å². The van der Waals surface area contributed by atoms with Gasteiger partial charge in [-0.15, -0.1) is 0 Å². The summed E-state index contributed by atoms with van der Waals surface area (Å²) in [5, 5.41) is 0. The summed E-state index contributed by atoms with van der Waals surface area (Å²) >= 11 is 0. The number of nitrogens with zero attached hydrogens (tertiary/aromatic N) is 1.